The highest BCUT2D eigenvalue weighted by molar-refractivity contribution is 5.92. The Morgan fingerprint density at radius 1 is 1.22 bits per heavy atom. The molecule has 0 spiro atoms. The van der Waals surface area contributed by atoms with Gasteiger partial charge in [-0.2, -0.15) is 10.4 Å². The van der Waals surface area contributed by atoms with E-state index in [1.54, 1.807) is 11.1 Å². The van der Waals surface area contributed by atoms with Gasteiger partial charge in [-0.1, -0.05) is 0 Å². The molecule has 186 valence electrons. The maximum atomic E-state index is 14.9. The van der Waals surface area contributed by atoms with Crippen LogP contribution >= 0.6 is 0 Å². The van der Waals surface area contributed by atoms with Crippen molar-refractivity contribution in [1.29, 1.82) is 5.26 Å². The summed E-state index contributed by atoms with van der Waals surface area (Å²) in [5.41, 5.74) is 3.30. The van der Waals surface area contributed by atoms with E-state index in [-0.39, 0.29) is 17.4 Å². The van der Waals surface area contributed by atoms with E-state index in [1.807, 2.05) is 36.0 Å². The largest absolute Gasteiger partial charge is 0.453 e. The predicted molar refractivity (Wildman–Crippen MR) is 133 cm³/mol. The smallest absolute Gasteiger partial charge is 0.414 e. The Bertz CT molecular complexity index is 1330. The van der Waals surface area contributed by atoms with Gasteiger partial charge in [0.1, 0.15) is 5.75 Å². The summed E-state index contributed by atoms with van der Waals surface area (Å²) in [6, 6.07) is 10.1. The molecule has 0 unspecified atom stereocenters. The zero-order chi connectivity index (χ0) is 25.2. The molecule has 1 N–H and O–H groups in total. The average Bonchev–Trinajstić information content (AvgIpc) is 3.40. The van der Waals surface area contributed by atoms with Crippen molar-refractivity contribution in [3.8, 4) is 28.7 Å². The van der Waals surface area contributed by atoms with Crippen LogP contribution in [0.15, 0.2) is 42.7 Å². The number of hydrogen-bond donors (Lipinski definition) is 1. The van der Waals surface area contributed by atoms with E-state index >= 15 is 0 Å². The van der Waals surface area contributed by atoms with Gasteiger partial charge in [-0.25, -0.2) is 9.18 Å². The van der Waals surface area contributed by atoms with Crippen LogP contribution in [0.1, 0.15) is 43.4 Å². The number of piperidine rings is 1. The van der Waals surface area contributed by atoms with Crippen LogP contribution < -0.4 is 15.0 Å². The highest BCUT2D eigenvalue weighted by Gasteiger charge is 2.33. The Kier molecular flexibility index (Phi) is 6.61. The van der Waals surface area contributed by atoms with E-state index in [0.717, 1.165) is 48.7 Å². The van der Waals surface area contributed by atoms with Gasteiger partial charge in [-0.05, 0) is 76.0 Å². The number of rotatable bonds is 4. The van der Waals surface area contributed by atoms with E-state index in [2.05, 4.69) is 10.4 Å². The molecule has 1 amide bonds. The summed E-state index contributed by atoms with van der Waals surface area (Å²) in [7, 11) is 1.36. The lowest BCUT2D eigenvalue weighted by atomic mass is 9.92. The molecule has 5 rings (SSSR count). The number of carbonyl (C=O) groups is 1. The maximum Gasteiger partial charge on any atom is 0.414 e. The lowest BCUT2D eigenvalue weighted by Gasteiger charge is -2.35. The van der Waals surface area contributed by atoms with Gasteiger partial charge >= 0.3 is 6.09 Å². The van der Waals surface area contributed by atoms with E-state index in [1.165, 1.54) is 19.2 Å². The zero-order valence-electron chi connectivity index (χ0n) is 20.3. The molecule has 1 saturated heterocycles. The van der Waals surface area contributed by atoms with Gasteiger partial charge in [-0.3, -0.25) is 9.58 Å². The number of ether oxygens (including phenoxy) is 2. The molecular weight excluding hydrogens is 461 g/mol. The summed E-state index contributed by atoms with van der Waals surface area (Å²) in [4.78, 5) is 14.2. The van der Waals surface area contributed by atoms with Crippen molar-refractivity contribution < 1.29 is 18.7 Å². The minimum Gasteiger partial charge on any atom is -0.453 e. The van der Waals surface area contributed by atoms with Crippen LogP contribution in [0, 0.1) is 17.1 Å². The molecule has 0 bridgehead atoms. The number of aromatic nitrogens is 2. The van der Waals surface area contributed by atoms with Crippen LogP contribution in [0.4, 0.5) is 14.9 Å². The first-order chi connectivity index (χ1) is 17.5. The third kappa shape index (κ3) is 4.40. The number of anilines is 1. The Morgan fingerprint density at radius 3 is 2.75 bits per heavy atom. The molecule has 2 aliphatic heterocycles. The van der Waals surface area contributed by atoms with Crippen molar-refractivity contribution in [1.82, 2.24) is 15.1 Å². The number of benzene rings is 2. The minimum absolute atomic E-state index is 0.0117. The zero-order valence-corrected chi connectivity index (χ0v) is 20.3. The highest BCUT2D eigenvalue weighted by Crippen LogP contribution is 2.45. The fraction of sp³-hybridized carbons (Fsp3) is 0.370. The number of halogens is 1. The second kappa shape index (κ2) is 9.99. The summed E-state index contributed by atoms with van der Waals surface area (Å²) in [6.07, 6.45) is 6.69. The quantitative estimate of drug-likeness (QED) is 0.543. The Hall–Kier alpha value is -3.90. The molecule has 1 fully saturated rings. The topological polar surface area (TPSA) is 92.4 Å². The van der Waals surface area contributed by atoms with Gasteiger partial charge in [0.05, 0.1) is 36.7 Å². The highest BCUT2D eigenvalue weighted by atomic mass is 19.1. The number of fused-ring (bicyclic) bond motifs is 1. The van der Waals surface area contributed by atoms with Crippen LogP contribution in [0.5, 0.6) is 11.5 Å². The van der Waals surface area contributed by atoms with Crippen LogP contribution in [-0.4, -0.2) is 42.1 Å². The third-order valence-electron chi connectivity index (χ3n) is 6.99. The third-order valence-corrected chi connectivity index (χ3v) is 6.99. The van der Waals surface area contributed by atoms with Crippen molar-refractivity contribution >= 4 is 11.8 Å². The monoisotopic (exact) mass is 489 g/mol. The predicted octanol–water partition coefficient (Wildman–Crippen LogP) is 5.19. The van der Waals surface area contributed by atoms with Crippen LogP contribution in [0.25, 0.3) is 11.1 Å². The Balaban J connectivity index is 1.62. The SMILES string of the molecule is COC(=O)N1c2ccc(-c3cnn(C4CCNCC4)c3)c(Oc3ccc(C#N)cc3F)c2CC[C@@H]1C. The van der Waals surface area contributed by atoms with Crippen LogP contribution in [0.2, 0.25) is 0 Å². The Morgan fingerprint density at radius 2 is 2.03 bits per heavy atom. The maximum absolute atomic E-state index is 14.9. The molecule has 0 aliphatic carbocycles. The summed E-state index contributed by atoms with van der Waals surface area (Å²) >= 11 is 0. The second-order valence-electron chi connectivity index (χ2n) is 9.22. The van der Waals surface area contributed by atoms with E-state index < -0.39 is 11.9 Å². The van der Waals surface area contributed by atoms with Crippen molar-refractivity contribution in [3.63, 3.8) is 0 Å². The first-order valence-corrected chi connectivity index (χ1v) is 12.2. The van der Waals surface area contributed by atoms with E-state index in [4.69, 9.17) is 14.7 Å². The first-order valence-electron chi connectivity index (χ1n) is 12.2. The summed E-state index contributed by atoms with van der Waals surface area (Å²) in [5.74, 6) is -0.142. The summed E-state index contributed by atoms with van der Waals surface area (Å²) in [5, 5.41) is 17.1. The molecule has 3 aromatic rings. The molecule has 3 heterocycles. The number of nitrogens with zero attached hydrogens (tertiary/aromatic N) is 4. The second-order valence-corrected chi connectivity index (χ2v) is 9.22. The summed E-state index contributed by atoms with van der Waals surface area (Å²) < 4.78 is 28.1. The van der Waals surface area contributed by atoms with Gasteiger partial charge in [0.25, 0.3) is 0 Å². The molecule has 1 aromatic heterocycles. The van der Waals surface area contributed by atoms with Crippen LogP contribution in [0.3, 0.4) is 0 Å². The fourth-order valence-electron chi connectivity index (χ4n) is 5.04. The number of hydrogen-bond acceptors (Lipinski definition) is 6. The van der Waals surface area contributed by atoms with Gasteiger partial charge in [0.15, 0.2) is 11.6 Å². The fourth-order valence-corrected chi connectivity index (χ4v) is 5.04. The molecule has 2 aliphatic rings. The molecule has 1 atom stereocenters. The first kappa shape index (κ1) is 23.8. The number of amides is 1. The van der Waals surface area contributed by atoms with Crippen molar-refractivity contribution in [2.75, 3.05) is 25.1 Å². The lowest BCUT2D eigenvalue weighted by molar-refractivity contribution is 0.175. The molecule has 0 radical (unpaired) electrons. The molecule has 36 heavy (non-hydrogen) atoms. The number of methoxy groups -OCH3 is 1. The van der Waals surface area contributed by atoms with Crippen molar-refractivity contribution in [2.24, 2.45) is 0 Å². The average molecular weight is 490 g/mol. The molecule has 2 aromatic carbocycles. The standard InChI is InChI=1S/C27H28FN5O3/c1-17-3-5-22-24(33(17)27(34)35-2)7-6-21(19-15-31-32(16-19)20-9-11-30-12-10-20)26(22)36-25-8-4-18(14-29)13-23(25)28/h4,6-8,13,15-17,20,30H,3,5,9-12H2,1-2H3/t17-/m0/s1. The van der Waals surface area contributed by atoms with Gasteiger partial charge < -0.3 is 14.8 Å². The van der Waals surface area contributed by atoms with Gasteiger partial charge in [0.2, 0.25) is 0 Å². The van der Waals surface area contributed by atoms with Gasteiger partial charge in [0, 0.05) is 28.9 Å². The Labute approximate surface area is 209 Å². The lowest BCUT2D eigenvalue weighted by Crippen LogP contribution is -2.42. The normalized spacial score (nSPS) is 17.8. The van der Waals surface area contributed by atoms with E-state index in [0.29, 0.717) is 30.3 Å². The van der Waals surface area contributed by atoms with Crippen LogP contribution in [-0.2, 0) is 11.2 Å². The number of nitriles is 1. The van der Waals surface area contributed by atoms with Crippen molar-refractivity contribution in [2.45, 2.75) is 44.7 Å². The van der Waals surface area contributed by atoms with E-state index in [9.17, 15) is 9.18 Å². The molecule has 0 saturated carbocycles. The summed E-state index contributed by atoms with van der Waals surface area (Å²) in [6.45, 7) is 3.87. The van der Waals surface area contributed by atoms with Gasteiger partial charge in [-0.15, -0.1) is 0 Å². The molecule has 9 heteroatoms. The number of nitrogens with one attached hydrogen (secondary N) is 1. The minimum atomic E-state index is -0.628. The van der Waals surface area contributed by atoms with Crippen molar-refractivity contribution in [3.05, 3.63) is 59.7 Å². The molecular formula is C27H28FN5O3. The number of carbonyl (C=O) groups excluding carboxylic acids is 1. The molecule has 8 nitrogen and oxygen atoms in total.